The van der Waals surface area contributed by atoms with Gasteiger partial charge in [-0.25, -0.2) is 9.59 Å². The molecule has 1 amide bonds. The summed E-state index contributed by atoms with van der Waals surface area (Å²) >= 11 is 5.86. The van der Waals surface area contributed by atoms with Crippen molar-refractivity contribution in [2.45, 2.75) is 6.54 Å². The first-order chi connectivity index (χ1) is 12.0. The molecule has 2 aromatic rings. The van der Waals surface area contributed by atoms with Gasteiger partial charge in [0, 0.05) is 11.6 Å². The van der Waals surface area contributed by atoms with Crippen LogP contribution in [0.1, 0.15) is 26.3 Å². The van der Waals surface area contributed by atoms with Gasteiger partial charge in [-0.3, -0.25) is 4.79 Å². The van der Waals surface area contributed by atoms with Gasteiger partial charge < -0.3 is 14.8 Å². The second kappa shape index (κ2) is 8.84. The molecule has 25 heavy (non-hydrogen) atoms. The third kappa shape index (κ3) is 5.61. The van der Waals surface area contributed by atoms with Crippen molar-refractivity contribution in [2.75, 3.05) is 13.7 Å². The highest BCUT2D eigenvalue weighted by atomic mass is 35.5. The molecule has 2 aromatic carbocycles. The minimum atomic E-state index is -0.705. The first kappa shape index (κ1) is 18.5. The monoisotopic (exact) mass is 361 g/mol. The summed E-state index contributed by atoms with van der Waals surface area (Å²) < 4.78 is 9.53. The molecule has 0 atom stereocenters. The van der Waals surface area contributed by atoms with E-state index in [0.29, 0.717) is 5.02 Å². The van der Waals surface area contributed by atoms with E-state index in [2.05, 4.69) is 10.1 Å². The molecular weight excluding hydrogens is 346 g/mol. The highest BCUT2D eigenvalue weighted by molar-refractivity contribution is 6.30. The fourth-order valence-corrected chi connectivity index (χ4v) is 2.22. The second-order valence-corrected chi connectivity index (χ2v) is 5.49. The van der Waals surface area contributed by atoms with Gasteiger partial charge in [0.15, 0.2) is 6.61 Å². The highest BCUT2D eigenvalue weighted by Gasteiger charge is 2.13. The van der Waals surface area contributed by atoms with E-state index < -0.39 is 24.5 Å². The van der Waals surface area contributed by atoms with Gasteiger partial charge in [-0.15, -0.1) is 0 Å². The number of rotatable bonds is 6. The topological polar surface area (TPSA) is 81.7 Å². The normalized spacial score (nSPS) is 10.0. The first-order valence-electron chi connectivity index (χ1n) is 7.36. The van der Waals surface area contributed by atoms with E-state index >= 15 is 0 Å². The lowest BCUT2D eigenvalue weighted by molar-refractivity contribution is -0.124. The number of hydrogen-bond acceptors (Lipinski definition) is 5. The molecule has 0 unspecified atom stereocenters. The van der Waals surface area contributed by atoms with Gasteiger partial charge in [0.05, 0.1) is 18.2 Å². The van der Waals surface area contributed by atoms with E-state index in [0.717, 1.165) is 5.56 Å². The summed E-state index contributed by atoms with van der Waals surface area (Å²) in [5, 5.41) is 3.20. The van der Waals surface area contributed by atoms with Crippen molar-refractivity contribution in [2.24, 2.45) is 0 Å². The number of esters is 2. The summed E-state index contributed by atoms with van der Waals surface area (Å²) in [6.07, 6.45) is 0. The van der Waals surface area contributed by atoms with Crippen LogP contribution in [0.25, 0.3) is 0 Å². The highest BCUT2D eigenvalue weighted by Crippen LogP contribution is 2.10. The van der Waals surface area contributed by atoms with Crippen LogP contribution in [-0.2, 0) is 20.8 Å². The summed E-state index contributed by atoms with van der Waals surface area (Å²) in [7, 11) is 1.25. The zero-order valence-electron chi connectivity index (χ0n) is 13.5. The van der Waals surface area contributed by atoms with Crippen LogP contribution in [-0.4, -0.2) is 31.6 Å². The van der Waals surface area contributed by atoms with Crippen LogP contribution in [0.15, 0.2) is 48.5 Å². The Bertz CT molecular complexity index is 791. The number of halogens is 1. The maximum Gasteiger partial charge on any atom is 0.338 e. The number of carbonyl (C=O) groups is 3. The van der Waals surface area contributed by atoms with Crippen molar-refractivity contribution in [3.05, 3.63) is 70.2 Å². The average molecular weight is 362 g/mol. The van der Waals surface area contributed by atoms with Crippen LogP contribution in [0.2, 0.25) is 5.02 Å². The first-order valence-corrected chi connectivity index (χ1v) is 7.74. The molecule has 0 aliphatic heterocycles. The largest absolute Gasteiger partial charge is 0.465 e. The van der Waals surface area contributed by atoms with Crippen LogP contribution >= 0.6 is 11.6 Å². The molecule has 6 nitrogen and oxygen atoms in total. The molecule has 0 heterocycles. The minimum absolute atomic E-state index is 0.158. The van der Waals surface area contributed by atoms with E-state index in [9.17, 15) is 14.4 Å². The van der Waals surface area contributed by atoms with Crippen LogP contribution in [0.3, 0.4) is 0 Å². The van der Waals surface area contributed by atoms with E-state index in [-0.39, 0.29) is 17.7 Å². The summed E-state index contributed by atoms with van der Waals surface area (Å²) in [4.78, 5) is 35.2. The van der Waals surface area contributed by atoms with Gasteiger partial charge in [-0.1, -0.05) is 29.8 Å². The SMILES string of the molecule is COC(=O)c1cccc(C(=O)OCC(=O)NCc2cccc(Cl)c2)c1. The van der Waals surface area contributed by atoms with E-state index in [1.165, 1.54) is 31.4 Å². The molecule has 0 aromatic heterocycles. The summed E-state index contributed by atoms with van der Waals surface area (Å²) in [6, 6.07) is 12.9. The minimum Gasteiger partial charge on any atom is -0.465 e. The third-order valence-electron chi connectivity index (χ3n) is 3.23. The van der Waals surface area contributed by atoms with Crippen LogP contribution in [0.4, 0.5) is 0 Å². The van der Waals surface area contributed by atoms with Gasteiger partial charge in [-0.2, -0.15) is 0 Å². The lowest BCUT2D eigenvalue weighted by Crippen LogP contribution is -2.28. The van der Waals surface area contributed by atoms with Gasteiger partial charge in [0.2, 0.25) is 0 Å². The van der Waals surface area contributed by atoms with Gasteiger partial charge in [0.1, 0.15) is 0 Å². The maximum atomic E-state index is 12.0. The van der Waals surface area contributed by atoms with E-state index in [4.69, 9.17) is 16.3 Å². The van der Waals surface area contributed by atoms with E-state index in [1.54, 1.807) is 18.2 Å². The molecule has 0 fully saturated rings. The molecule has 0 aliphatic rings. The zero-order valence-corrected chi connectivity index (χ0v) is 14.2. The molecule has 0 saturated carbocycles. The molecule has 0 aliphatic carbocycles. The number of methoxy groups -OCH3 is 1. The predicted molar refractivity (Wildman–Crippen MR) is 91.4 cm³/mol. The quantitative estimate of drug-likeness (QED) is 0.800. The molecule has 2 rings (SSSR count). The van der Waals surface area contributed by atoms with Crippen molar-refractivity contribution in [3.63, 3.8) is 0 Å². The number of ether oxygens (including phenoxy) is 2. The molecular formula is C18H16ClNO5. The molecule has 1 N–H and O–H groups in total. The fourth-order valence-electron chi connectivity index (χ4n) is 2.00. The molecule has 130 valence electrons. The standard InChI is InChI=1S/C18H16ClNO5/c1-24-17(22)13-5-3-6-14(9-13)18(23)25-11-16(21)20-10-12-4-2-7-15(19)8-12/h2-9H,10-11H2,1H3,(H,20,21). The zero-order chi connectivity index (χ0) is 18.2. The number of amides is 1. The molecule has 0 saturated heterocycles. The Morgan fingerprint density at radius 2 is 1.68 bits per heavy atom. The van der Waals surface area contributed by atoms with Crippen LogP contribution < -0.4 is 5.32 Å². The second-order valence-electron chi connectivity index (χ2n) is 5.06. The third-order valence-corrected chi connectivity index (χ3v) is 3.47. The van der Waals surface area contributed by atoms with Gasteiger partial charge in [0.25, 0.3) is 5.91 Å². The molecule has 0 bridgehead atoms. The number of nitrogens with one attached hydrogen (secondary N) is 1. The van der Waals surface area contributed by atoms with Crippen LogP contribution in [0.5, 0.6) is 0 Å². The lowest BCUT2D eigenvalue weighted by atomic mass is 10.1. The maximum absolute atomic E-state index is 12.0. The Morgan fingerprint density at radius 1 is 1.00 bits per heavy atom. The van der Waals surface area contributed by atoms with Gasteiger partial charge >= 0.3 is 11.9 Å². The van der Waals surface area contributed by atoms with Crippen molar-refractivity contribution >= 4 is 29.4 Å². The van der Waals surface area contributed by atoms with E-state index in [1.807, 2.05) is 6.07 Å². The average Bonchev–Trinajstić information content (AvgIpc) is 2.64. The van der Waals surface area contributed by atoms with Crippen molar-refractivity contribution in [1.82, 2.24) is 5.32 Å². The fraction of sp³-hybridized carbons (Fsp3) is 0.167. The Labute approximate surface area is 149 Å². The smallest absolute Gasteiger partial charge is 0.338 e. The Balaban J connectivity index is 1.85. The lowest BCUT2D eigenvalue weighted by Gasteiger charge is -2.07. The predicted octanol–water partition coefficient (Wildman–Crippen LogP) is 2.60. The van der Waals surface area contributed by atoms with Crippen LogP contribution in [0, 0.1) is 0 Å². The Morgan fingerprint density at radius 3 is 2.36 bits per heavy atom. The van der Waals surface area contributed by atoms with Crippen molar-refractivity contribution < 1.29 is 23.9 Å². The number of carbonyl (C=O) groups excluding carboxylic acids is 3. The molecule has 0 spiro atoms. The van der Waals surface area contributed by atoms with Gasteiger partial charge in [-0.05, 0) is 35.9 Å². The number of hydrogen-bond donors (Lipinski definition) is 1. The molecule has 0 radical (unpaired) electrons. The Kier molecular flexibility index (Phi) is 6.54. The van der Waals surface area contributed by atoms with Crippen molar-refractivity contribution in [3.8, 4) is 0 Å². The Hall–Kier alpha value is -2.86. The van der Waals surface area contributed by atoms with Crippen molar-refractivity contribution in [1.29, 1.82) is 0 Å². The number of benzene rings is 2. The molecule has 7 heteroatoms. The summed E-state index contributed by atoms with van der Waals surface area (Å²) in [6.45, 7) is -0.156. The summed E-state index contributed by atoms with van der Waals surface area (Å²) in [5.74, 6) is -1.71. The summed E-state index contributed by atoms with van der Waals surface area (Å²) in [5.41, 5.74) is 1.21.